The van der Waals surface area contributed by atoms with Crippen molar-refractivity contribution in [1.82, 2.24) is 0 Å². The van der Waals surface area contributed by atoms with Crippen molar-refractivity contribution in [1.29, 1.82) is 0 Å². The molecule has 0 aliphatic heterocycles. The number of phenolic OH excluding ortho intramolecular Hbond substituents is 1. The van der Waals surface area contributed by atoms with Gasteiger partial charge < -0.3 is 10.4 Å². The van der Waals surface area contributed by atoms with Gasteiger partial charge in [-0.15, -0.1) is 0 Å². The highest BCUT2D eigenvalue weighted by atomic mass is 35.5. The number of benzene rings is 2. The molecule has 2 nitrogen and oxygen atoms in total. The number of halogens is 4. The van der Waals surface area contributed by atoms with E-state index in [0.717, 1.165) is 0 Å². The Kier molecular flexibility index (Phi) is 4.35. The van der Waals surface area contributed by atoms with E-state index in [1.54, 1.807) is 0 Å². The average Bonchev–Trinajstić information content (AvgIpc) is 2.39. The molecule has 0 aliphatic rings. The summed E-state index contributed by atoms with van der Waals surface area (Å²) in [4.78, 5) is 0. The number of nitrogens with one attached hydrogen (secondary N) is 1. The third-order valence-electron chi connectivity index (χ3n) is 2.85. The predicted molar refractivity (Wildman–Crippen MR) is 76.5 cm³/mol. The summed E-state index contributed by atoms with van der Waals surface area (Å²) < 4.78 is 27.4. The summed E-state index contributed by atoms with van der Waals surface area (Å²) in [5.41, 5.74) is 0.422. The Labute approximate surface area is 125 Å². The molecule has 0 unspecified atom stereocenters. The largest absolute Gasteiger partial charge is 0.506 e. The van der Waals surface area contributed by atoms with E-state index in [4.69, 9.17) is 23.2 Å². The molecule has 0 aliphatic carbocycles. The van der Waals surface area contributed by atoms with E-state index in [0.29, 0.717) is 16.1 Å². The van der Waals surface area contributed by atoms with E-state index >= 15 is 0 Å². The van der Waals surface area contributed by atoms with Crippen LogP contribution in [-0.4, -0.2) is 5.11 Å². The average molecular weight is 318 g/mol. The molecule has 106 valence electrons. The molecule has 0 spiro atoms. The molecule has 0 saturated heterocycles. The summed E-state index contributed by atoms with van der Waals surface area (Å²) in [5, 5.41) is 12.8. The van der Waals surface area contributed by atoms with Gasteiger partial charge in [-0.25, -0.2) is 8.78 Å². The second-order valence-electron chi connectivity index (χ2n) is 4.30. The molecule has 20 heavy (non-hydrogen) atoms. The normalized spacial score (nSPS) is 10.7. The quantitative estimate of drug-likeness (QED) is 0.844. The van der Waals surface area contributed by atoms with E-state index in [-0.39, 0.29) is 23.0 Å². The van der Waals surface area contributed by atoms with Crippen molar-refractivity contribution >= 4 is 28.9 Å². The number of aryl methyl sites for hydroxylation is 1. The van der Waals surface area contributed by atoms with Gasteiger partial charge in [-0.1, -0.05) is 29.3 Å². The third kappa shape index (κ3) is 2.97. The standard InChI is InChI=1S/C14H11Cl2F2NO/c1-7-2-3-11(17)13(12(7)18)19-6-8-4-9(15)5-10(16)14(8)20/h2-5,19-20H,6H2,1H3. The van der Waals surface area contributed by atoms with Crippen LogP contribution in [0, 0.1) is 18.6 Å². The molecule has 0 atom stereocenters. The maximum atomic E-state index is 13.8. The molecule has 0 bridgehead atoms. The lowest BCUT2D eigenvalue weighted by atomic mass is 10.1. The van der Waals surface area contributed by atoms with Gasteiger partial charge in [-0.3, -0.25) is 0 Å². The molecule has 0 amide bonds. The second kappa shape index (κ2) is 5.85. The molecule has 0 fully saturated rings. The summed E-state index contributed by atoms with van der Waals surface area (Å²) >= 11 is 11.6. The van der Waals surface area contributed by atoms with Crippen LogP contribution in [0.15, 0.2) is 24.3 Å². The van der Waals surface area contributed by atoms with Gasteiger partial charge >= 0.3 is 0 Å². The zero-order chi connectivity index (χ0) is 14.9. The van der Waals surface area contributed by atoms with Crippen molar-refractivity contribution in [2.45, 2.75) is 13.5 Å². The minimum atomic E-state index is -0.708. The van der Waals surface area contributed by atoms with Crippen molar-refractivity contribution in [3.8, 4) is 5.75 Å². The minimum absolute atomic E-state index is 0.0105. The van der Waals surface area contributed by atoms with E-state index in [1.807, 2.05) is 0 Å². The molecular weight excluding hydrogens is 307 g/mol. The highest BCUT2D eigenvalue weighted by Gasteiger charge is 2.13. The number of phenols is 1. The third-order valence-corrected chi connectivity index (χ3v) is 3.35. The van der Waals surface area contributed by atoms with Gasteiger partial charge in [0.2, 0.25) is 0 Å². The predicted octanol–water partition coefficient (Wildman–Crippen LogP) is 4.90. The van der Waals surface area contributed by atoms with Gasteiger partial charge in [0.25, 0.3) is 0 Å². The molecule has 0 aromatic heterocycles. The van der Waals surface area contributed by atoms with Crippen molar-refractivity contribution in [3.05, 3.63) is 57.1 Å². The number of aromatic hydroxyl groups is 1. The Balaban J connectivity index is 2.28. The highest BCUT2D eigenvalue weighted by molar-refractivity contribution is 6.35. The van der Waals surface area contributed by atoms with Crippen LogP contribution in [0.2, 0.25) is 10.0 Å². The number of anilines is 1. The Bertz CT molecular complexity index is 662. The smallest absolute Gasteiger partial charge is 0.152 e. The SMILES string of the molecule is Cc1ccc(F)c(NCc2cc(Cl)cc(Cl)c2O)c1F. The molecule has 0 heterocycles. The van der Waals surface area contributed by atoms with E-state index in [9.17, 15) is 13.9 Å². The Morgan fingerprint density at radius 2 is 1.90 bits per heavy atom. The minimum Gasteiger partial charge on any atom is -0.506 e. The zero-order valence-corrected chi connectivity index (χ0v) is 12.0. The van der Waals surface area contributed by atoms with Gasteiger partial charge in [-0.2, -0.15) is 0 Å². The first-order valence-electron chi connectivity index (χ1n) is 5.75. The van der Waals surface area contributed by atoms with Crippen LogP contribution in [-0.2, 0) is 6.54 Å². The molecule has 0 radical (unpaired) electrons. The van der Waals surface area contributed by atoms with Gasteiger partial charge in [-0.05, 0) is 30.7 Å². The van der Waals surface area contributed by atoms with Crippen molar-refractivity contribution in [2.75, 3.05) is 5.32 Å². The first-order valence-corrected chi connectivity index (χ1v) is 6.51. The van der Waals surface area contributed by atoms with Crippen molar-refractivity contribution in [2.24, 2.45) is 0 Å². The summed E-state index contributed by atoms with van der Waals surface area (Å²) in [6.07, 6.45) is 0. The lowest BCUT2D eigenvalue weighted by Crippen LogP contribution is -2.05. The molecule has 2 rings (SSSR count). The van der Waals surface area contributed by atoms with E-state index in [1.165, 1.54) is 31.2 Å². The Morgan fingerprint density at radius 1 is 1.20 bits per heavy atom. The van der Waals surface area contributed by atoms with Crippen molar-refractivity contribution < 1.29 is 13.9 Å². The van der Waals surface area contributed by atoms with Crippen LogP contribution < -0.4 is 5.32 Å². The molecule has 0 saturated carbocycles. The first-order chi connectivity index (χ1) is 9.40. The van der Waals surface area contributed by atoms with Gasteiger partial charge in [0, 0.05) is 17.1 Å². The second-order valence-corrected chi connectivity index (χ2v) is 5.15. The van der Waals surface area contributed by atoms with Crippen LogP contribution in [0.4, 0.5) is 14.5 Å². The van der Waals surface area contributed by atoms with Gasteiger partial charge in [0.05, 0.1) is 5.02 Å². The van der Waals surface area contributed by atoms with Crippen LogP contribution in [0.1, 0.15) is 11.1 Å². The summed E-state index contributed by atoms with van der Waals surface area (Å²) in [7, 11) is 0. The summed E-state index contributed by atoms with van der Waals surface area (Å²) in [6.45, 7) is 1.52. The zero-order valence-electron chi connectivity index (χ0n) is 10.5. The summed E-state index contributed by atoms with van der Waals surface area (Å²) in [6, 6.07) is 5.38. The number of hydrogen-bond acceptors (Lipinski definition) is 2. The first kappa shape index (κ1) is 14.9. The lowest BCUT2D eigenvalue weighted by molar-refractivity contribution is 0.469. The Morgan fingerprint density at radius 3 is 2.60 bits per heavy atom. The van der Waals surface area contributed by atoms with E-state index in [2.05, 4.69) is 5.32 Å². The fourth-order valence-corrected chi connectivity index (χ4v) is 2.29. The lowest BCUT2D eigenvalue weighted by Gasteiger charge is -2.12. The van der Waals surface area contributed by atoms with E-state index < -0.39 is 11.6 Å². The maximum absolute atomic E-state index is 13.8. The van der Waals surface area contributed by atoms with Crippen LogP contribution >= 0.6 is 23.2 Å². The monoisotopic (exact) mass is 317 g/mol. The molecule has 6 heteroatoms. The van der Waals surface area contributed by atoms with Crippen molar-refractivity contribution in [3.63, 3.8) is 0 Å². The van der Waals surface area contributed by atoms with Crippen LogP contribution in [0.25, 0.3) is 0 Å². The summed E-state index contributed by atoms with van der Waals surface area (Å²) in [5.74, 6) is -1.55. The fourth-order valence-electron chi connectivity index (χ4n) is 1.76. The number of hydrogen-bond donors (Lipinski definition) is 2. The highest BCUT2D eigenvalue weighted by Crippen LogP contribution is 2.32. The van der Waals surface area contributed by atoms with Crippen LogP contribution in [0.3, 0.4) is 0 Å². The van der Waals surface area contributed by atoms with Gasteiger partial charge in [0.15, 0.2) is 5.82 Å². The molecular formula is C14H11Cl2F2NO. The molecule has 2 aromatic rings. The van der Waals surface area contributed by atoms with Gasteiger partial charge in [0.1, 0.15) is 17.3 Å². The Hall–Kier alpha value is -1.52. The maximum Gasteiger partial charge on any atom is 0.152 e. The number of rotatable bonds is 3. The fraction of sp³-hybridized carbons (Fsp3) is 0.143. The molecule has 2 N–H and O–H groups in total. The molecule has 2 aromatic carbocycles. The van der Waals surface area contributed by atoms with Crippen LogP contribution in [0.5, 0.6) is 5.75 Å². The topological polar surface area (TPSA) is 32.3 Å².